The van der Waals surface area contributed by atoms with Crippen LogP contribution < -0.4 is 11.1 Å². The number of benzene rings is 2. The second-order valence-corrected chi connectivity index (χ2v) is 4.80. The van der Waals surface area contributed by atoms with E-state index in [0.717, 1.165) is 12.1 Å². The van der Waals surface area contributed by atoms with Crippen molar-refractivity contribution in [2.45, 2.75) is 6.18 Å². The van der Waals surface area contributed by atoms with Crippen LogP contribution in [-0.4, -0.2) is 0 Å². The summed E-state index contributed by atoms with van der Waals surface area (Å²) >= 11 is 3.21. The molecule has 0 spiro atoms. The molecule has 6 heteroatoms. The highest BCUT2D eigenvalue weighted by Gasteiger charge is 2.30. The molecule has 2 aromatic rings. The van der Waals surface area contributed by atoms with Crippen molar-refractivity contribution in [3.8, 4) is 0 Å². The zero-order valence-electron chi connectivity index (χ0n) is 9.63. The van der Waals surface area contributed by atoms with E-state index < -0.39 is 11.7 Å². The minimum absolute atomic E-state index is 0.334. The van der Waals surface area contributed by atoms with Gasteiger partial charge in [-0.1, -0.05) is 6.07 Å². The number of nitrogens with two attached hydrogens (primary N) is 1. The van der Waals surface area contributed by atoms with E-state index in [4.69, 9.17) is 5.73 Å². The van der Waals surface area contributed by atoms with E-state index in [1.807, 2.05) is 0 Å². The Morgan fingerprint density at radius 3 is 2.42 bits per heavy atom. The molecule has 0 saturated heterocycles. The molecule has 0 atom stereocenters. The molecule has 0 radical (unpaired) electrons. The first-order valence-electron chi connectivity index (χ1n) is 5.35. The highest BCUT2D eigenvalue weighted by Crippen LogP contribution is 2.35. The second-order valence-electron chi connectivity index (χ2n) is 3.94. The van der Waals surface area contributed by atoms with Crippen LogP contribution in [0.2, 0.25) is 0 Å². The summed E-state index contributed by atoms with van der Waals surface area (Å²) in [7, 11) is 0. The fraction of sp³-hybridized carbons (Fsp3) is 0.0769. The van der Waals surface area contributed by atoms with Crippen LogP contribution in [0, 0.1) is 0 Å². The summed E-state index contributed by atoms with van der Waals surface area (Å²) in [4.78, 5) is 0. The molecular weight excluding hydrogens is 321 g/mol. The maximum atomic E-state index is 12.6. The molecule has 2 nitrogen and oxygen atoms in total. The summed E-state index contributed by atoms with van der Waals surface area (Å²) in [5.74, 6) is 0. The second kappa shape index (κ2) is 5.13. The van der Waals surface area contributed by atoms with Gasteiger partial charge in [-0.05, 0) is 52.3 Å². The van der Waals surface area contributed by atoms with E-state index in [2.05, 4.69) is 21.2 Å². The van der Waals surface area contributed by atoms with Gasteiger partial charge in [0.25, 0.3) is 0 Å². The van der Waals surface area contributed by atoms with Crippen molar-refractivity contribution < 1.29 is 13.2 Å². The molecule has 2 aromatic carbocycles. The molecule has 0 saturated carbocycles. The molecule has 0 heterocycles. The van der Waals surface area contributed by atoms with Crippen molar-refractivity contribution in [1.82, 2.24) is 0 Å². The molecule has 2 rings (SSSR count). The summed E-state index contributed by atoms with van der Waals surface area (Å²) in [5, 5.41) is 2.90. The molecule has 0 amide bonds. The number of hydrogen-bond acceptors (Lipinski definition) is 2. The highest BCUT2D eigenvalue weighted by atomic mass is 79.9. The lowest BCUT2D eigenvalue weighted by atomic mass is 10.2. The Morgan fingerprint density at radius 2 is 1.79 bits per heavy atom. The molecule has 100 valence electrons. The van der Waals surface area contributed by atoms with Crippen molar-refractivity contribution in [3.63, 3.8) is 0 Å². The van der Waals surface area contributed by atoms with Gasteiger partial charge in [0.05, 0.1) is 11.3 Å². The highest BCUT2D eigenvalue weighted by molar-refractivity contribution is 9.10. The van der Waals surface area contributed by atoms with Crippen molar-refractivity contribution >= 4 is 33.0 Å². The topological polar surface area (TPSA) is 38.0 Å². The third kappa shape index (κ3) is 3.41. The molecule has 0 unspecified atom stereocenters. The van der Waals surface area contributed by atoms with Gasteiger partial charge in [0.2, 0.25) is 0 Å². The largest absolute Gasteiger partial charge is 0.416 e. The van der Waals surface area contributed by atoms with Crippen LogP contribution in [-0.2, 0) is 6.18 Å². The average molecular weight is 331 g/mol. The molecular formula is C13H10BrF3N2. The molecule has 3 N–H and O–H groups in total. The normalized spacial score (nSPS) is 11.4. The Labute approximate surface area is 116 Å². The third-order valence-corrected chi connectivity index (χ3v) is 3.15. The summed E-state index contributed by atoms with van der Waals surface area (Å²) in [6.07, 6.45) is -4.37. The van der Waals surface area contributed by atoms with E-state index in [1.165, 1.54) is 6.07 Å². The standard InChI is InChI=1S/C13H10BrF3N2/c14-11-5-4-8(13(15,16)17)6-12(11)19-10-3-1-2-9(18)7-10/h1-7,19H,18H2. The number of hydrogen-bond donors (Lipinski definition) is 2. The van der Waals surface area contributed by atoms with Crippen LogP contribution in [0.25, 0.3) is 0 Å². The summed E-state index contributed by atoms with van der Waals surface area (Å²) < 4.78 is 38.5. The lowest BCUT2D eigenvalue weighted by molar-refractivity contribution is -0.137. The van der Waals surface area contributed by atoms with Crippen molar-refractivity contribution in [3.05, 3.63) is 52.5 Å². The summed E-state index contributed by atoms with van der Waals surface area (Å²) in [5.41, 5.74) is 6.41. The Morgan fingerprint density at radius 1 is 1.05 bits per heavy atom. The van der Waals surface area contributed by atoms with E-state index in [1.54, 1.807) is 24.3 Å². The van der Waals surface area contributed by atoms with Gasteiger partial charge in [0.15, 0.2) is 0 Å². The number of halogens is 4. The van der Waals surface area contributed by atoms with Gasteiger partial charge >= 0.3 is 6.18 Å². The third-order valence-electron chi connectivity index (χ3n) is 2.46. The van der Waals surface area contributed by atoms with Crippen LogP contribution in [0.4, 0.5) is 30.2 Å². The first kappa shape index (κ1) is 13.7. The predicted octanol–water partition coefficient (Wildman–Crippen LogP) is 4.79. The molecule has 0 fully saturated rings. The van der Waals surface area contributed by atoms with Gasteiger partial charge in [0, 0.05) is 15.8 Å². The first-order chi connectivity index (χ1) is 8.86. The fourth-order valence-corrected chi connectivity index (χ4v) is 1.92. The lowest BCUT2D eigenvalue weighted by Gasteiger charge is -2.13. The zero-order valence-corrected chi connectivity index (χ0v) is 11.2. The number of nitrogen functional groups attached to an aromatic ring is 1. The molecule has 0 aliphatic rings. The first-order valence-corrected chi connectivity index (χ1v) is 6.15. The Bertz CT molecular complexity index is 597. The van der Waals surface area contributed by atoms with Gasteiger partial charge in [-0.25, -0.2) is 0 Å². The van der Waals surface area contributed by atoms with Crippen molar-refractivity contribution in [2.24, 2.45) is 0 Å². The summed E-state index contributed by atoms with van der Waals surface area (Å²) in [6, 6.07) is 10.2. The number of nitrogens with one attached hydrogen (secondary N) is 1. The van der Waals surface area contributed by atoms with Crippen molar-refractivity contribution in [1.29, 1.82) is 0 Å². The van der Waals surface area contributed by atoms with E-state index >= 15 is 0 Å². The van der Waals surface area contributed by atoms with E-state index in [0.29, 0.717) is 21.5 Å². The molecule has 0 bridgehead atoms. The van der Waals surface area contributed by atoms with Crippen molar-refractivity contribution in [2.75, 3.05) is 11.1 Å². The fourth-order valence-electron chi connectivity index (χ4n) is 1.57. The molecule has 19 heavy (non-hydrogen) atoms. The van der Waals surface area contributed by atoms with Crippen LogP contribution in [0.1, 0.15) is 5.56 Å². The Kier molecular flexibility index (Phi) is 3.71. The smallest absolute Gasteiger partial charge is 0.399 e. The minimum atomic E-state index is -4.37. The van der Waals surface area contributed by atoms with Crippen LogP contribution in [0.15, 0.2) is 46.9 Å². The average Bonchev–Trinajstić information content (AvgIpc) is 2.30. The molecule has 0 aliphatic heterocycles. The Balaban J connectivity index is 2.34. The van der Waals surface area contributed by atoms with Gasteiger partial charge in [0.1, 0.15) is 0 Å². The van der Waals surface area contributed by atoms with Gasteiger partial charge in [-0.3, -0.25) is 0 Å². The number of alkyl halides is 3. The Hall–Kier alpha value is -1.69. The van der Waals surface area contributed by atoms with Gasteiger partial charge < -0.3 is 11.1 Å². The molecule has 0 aliphatic carbocycles. The minimum Gasteiger partial charge on any atom is -0.399 e. The van der Waals surface area contributed by atoms with Crippen LogP contribution in [0.5, 0.6) is 0 Å². The number of rotatable bonds is 2. The van der Waals surface area contributed by atoms with E-state index in [-0.39, 0.29) is 0 Å². The predicted molar refractivity (Wildman–Crippen MR) is 73.3 cm³/mol. The quantitative estimate of drug-likeness (QED) is 0.776. The number of anilines is 3. The van der Waals surface area contributed by atoms with Crippen LogP contribution in [0.3, 0.4) is 0 Å². The zero-order chi connectivity index (χ0) is 14.0. The maximum Gasteiger partial charge on any atom is 0.416 e. The molecule has 0 aromatic heterocycles. The van der Waals surface area contributed by atoms with Gasteiger partial charge in [-0.15, -0.1) is 0 Å². The monoisotopic (exact) mass is 330 g/mol. The SMILES string of the molecule is Nc1cccc(Nc2cc(C(F)(F)F)ccc2Br)c1. The summed E-state index contributed by atoms with van der Waals surface area (Å²) in [6.45, 7) is 0. The lowest BCUT2D eigenvalue weighted by Crippen LogP contribution is -2.05. The maximum absolute atomic E-state index is 12.6. The van der Waals surface area contributed by atoms with E-state index in [9.17, 15) is 13.2 Å². The van der Waals surface area contributed by atoms with Gasteiger partial charge in [-0.2, -0.15) is 13.2 Å². The van der Waals surface area contributed by atoms with Crippen LogP contribution >= 0.6 is 15.9 Å².